The third kappa shape index (κ3) is 3.42. The Morgan fingerprint density at radius 1 is 1.16 bits per heavy atom. The largest absolute Gasteiger partial charge is 0.489 e. The number of halogens is 1. The number of anilines is 1. The molecule has 2 rings (SSSR count). The molecule has 2 N–H and O–H groups in total. The topological polar surface area (TPSA) is 35.2 Å². The van der Waals surface area contributed by atoms with Crippen molar-refractivity contribution in [2.75, 3.05) is 5.73 Å². The van der Waals surface area contributed by atoms with Crippen LogP contribution in [0.4, 0.5) is 5.69 Å². The van der Waals surface area contributed by atoms with Crippen LogP contribution in [0.5, 0.6) is 5.75 Å². The van der Waals surface area contributed by atoms with Gasteiger partial charge in [0.1, 0.15) is 12.4 Å². The van der Waals surface area contributed by atoms with E-state index in [0.29, 0.717) is 23.2 Å². The molecule has 0 spiro atoms. The number of hydrogen-bond acceptors (Lipinski definition) is 2. The van der Waals surface area contributed by atoms with Gasteiger partial charge in [-0.05, 0) is 35.7 Å². The van der Waals surface area contributed by atoms with Gasteiger partial charge in [-0.1, -0.05) is 43.6 Å². The standard InChI is InChI=1S/C16H18ClNO/c1-11(2)14-5-3-4-6-16(14)19-10-12-9-13(17)7-8-15(12)18/h3-9,11H,10,18H2,1-2H3. The molecule has 0 amide bonds. The number of hydrogen-bond donors (Lipinski definition) is 1. The van der Waals surface area contributed by atoms with Crippen LogP contribution < -0.4 is 10.5 Å². The van der Waals surface area contributed by atoms with Gasteiger partial charge in [0.2, 0.25) is 0 Å². The summed E-state index contributed by atoms with van der Waals surface area (Å²) in [6, 6.07) is 13.5. The monoisotopic (exact) mass is 275 g/mol. The van der Waals surface area contributed by atoms with Crippen LogP contribution >= 0.6 is 11.6 Å². The number of ether oxygens (including phenoxy) is 1. The van der Waals surface area contributed by atoms with E-state index in [0.717, 1.165) is 11.3 Å². The molecule has 0 radical (unpaired) electrons. The molecule has 2 aromatic rings. The Morgan fingerprint density at radius 2 is 1.89 bits per heavy atom. The molecule has 0 atom stereocenters. The summed E-state index contributed by atoms with van der Waals surface area (Å²) in [4.78, 5) is 0. The van der Waals surface area contributed by atoms with E-state index in [1.807, 2.05) is 24.3 Å². The van der Waals surface area contributed by atoms with Gasteiger partial charge in [0.15, 0.2) is 0 Å². The molecule has 3 heteroatoms. The molecule has 100 valence electrons. The van der Waals surface area contributed by atoms with Crippen molar-refractivity contribution < 1.29 is 4.74 Å². The van der Waals surface area contributed by atoms with Gasteiger partial charge in [-0.3, -0.25) is 0 Å². The Hall–Kier alpha value is -1.67. The van der Waals surface area contributed by atoms with Crippen LogP contribution in [-0.2, 0) is 6.61 Å². The zero-order valence-electron chi connectivity index (χ0n) is 11.2. The molecule has 0 aliphatic carbocycles. The van der Waals surface area contributed by atoms with E-state index in [-0.39, 0.29) is 0 Å². The van der Waals surface area contributed by atoms with Gasteiger partial charge in [0, 0.05) is 16.3 Å². The van der Waals surface area contributed by atoms with Crippen molar-refractivity contribution in [1.29, 1.82) is 0 Å². The average Bonchev–Trinajstić information content (AvgIpc) is 2.40. The number of nitrogens with two attached hydrogens (primary N) is 1. The molecule has 0 aliphatic heterocycles. The first kappa shape index (κ1) is 13.8. The van der Waals surface area contributed by atoms with E-state index in [2.05, 4.69) is 19.9 Å². The minimum absolute atomic E-state index is 0.424. The molecule has 0 heterocycles. The van der Waals surface area contributed by atoms with E-state index in [1.165, 1.54) is 5.56 Å². The van der Waals surface area contributed by atoms with Crippen molar-refractivity contribution in [1.82, 2.24) is 0 Å². The summed E-state index contributed by atoms with van der Waals surface area (Å²) >= 11 is 5.97. The normalized spacial score (nSPS) is 10.7. The number of rotatable bonds is 4. The molecule has 0 saturated heterocycles. The van der Waals surface area contributed by atoms with Gasteiger partial charge in [-0.15, -0.1) is 0 Å². The molecule has 0 aromatic heterocycles. The summed E-state index contributed by atoms with van der Waals surface area (Å²) in [5, 5.41) is 0.671. The van der Waals surface area contributed by atoms with Crippen molar-refractivity contribution in [2.45, 2.75) is 26.4 Å². The molecule has 0 saturated carbocycles. The third-order valence-corrected chi connectivity index (χ3v) is 3.26. The zero-order valence-corrected chi connectivity index (χ0v) is 11.9. The molecule has 2 aromatic carbocycles. The predicted octanol–water partition coefficient (Wildman–Crippen LogP) is 4.62. The van der Waals surface area contributed by atoms with Crippen molar-refractivity contribution in [3.63, 3.8) is 0 Å². The molecular weight excluding hydrogens is 258 g/mol. The van der Waals surface area contributed by atoms with Gasteiger partial charge in [0.25, 0.3) is 0 Å². The van der Waals surface area contributed by atoms with Crippen molar-refractivity contribution in [3.8, 4) is 5.75 Å². The summed E-state index contributed by atoms with van der Waals surface area (Å²) in [6.07, 6.45) is 0. The minimum atomic E-state index is 0.424. The lowest BCUT2D eigenvalue weighted by molar-refractivity contribution is 0.302. The fourth-order valence-electron chi connectivity index (χ4n) is 1.94. The highest BCUT2D eigenvalue weighted by atomic mass is 35.5. The highest BCUT2D eigenvalue weighted by Crippen LogP contribution is 2.27. The lowest BCUT2D eigenvalue weighted by Crippen LogP contribution is -2.02. The first-order chi connectivity index (χ1) is 9.08. The quantitative estimate of drug-likeness (QED) is 0.826. The molecular formula is C16H18ClNO. The molecule has 0 aliphatic rings. The zero-order chi connectivity index (χ0) is 13.8. The van der Waals surface area contributed by atoms with Gasteiger partial charge in [0.05, 0.1) is 0 Å². The summed E-state index contributed by atoms with van der Waals surface area (Å²) in [5.74, 6) is 1.32. The molecule has 19 heavy (non-hydrogen) atoms. The van der Waals surface area contributed by atoms with Crippen LogP contribution in [-0.4, -0.2) is 0 Å². The first-order valence-electron chi connectivity index (χ1n) is 6.33. The van der Waals surface area contributed by atoms with Crippen LogP contribution in [0.2, 0.25) is 5.02 Å². The molecule has 0 fully saturated rings. The van der Waals surface area contributed by atoms with Gasteiger partial charge in [-0.25, -0.2) is 0 Å². The van der Waals surface area contributed by atoms with Crippen LogP contribution in [0.15, 0.2) is 42.5 Å². The molecule has 2 nitrogen and oxygen atoms in total. The maximum absolute atomic E-state index is 5.97. The number of para-hydroxylation sites is 1. The van der Waals surface area contributed by atoms with E-state index < -0.39 is 0 Å². The second-order valence-electron chi connectivity index (χ2n) is 4.82. The van der Waals surface area contributed by atoms with Crippen molar-refractivity contribution in [2.24, 2.45) is 0 Å². The Morgan fingerprint density at radius 3 is 2.63 bits per heavy atom. The Balaban J connectivity index is 2.17. The lowest BCUT2D eigenvalue weighted by atomic mass is 10.0. The molecule has 0 bridgehead atoms. The Bertz CT molecular complexity index is 566. The van der Waals surface area contributed by atoms with Crippen LogP contribution in [0.25, 0.3) is 0 Å². The lowest BCUT2D eigenvalue weighted by Gasteiger charge is -2.14. The molecule has 0 unspecified atom stereocenters. The fourth-order valence-corrected chi connectivity index (χ4v) is 2.14. The Kier molecular flexibility index (Phi) is 4.33. The SMILES string of the molecule is CC(C)c1ccccc1OCc1cc(Cl)ccc1N. The minimum Gasteiger partial charge on any atom is -0.489 e. The maximum atomic E-state index is 5.97. The summed E-state index contributed by atoms with van der Waals surface area (Å²) in [5.41, 5.74) is 8.72. The van der Waals surface area contributed by atoms with E-state index in [9.17, 15) is 0 Å². The summed E-state index contributed by atoms with van der Waals surface area (Å²) in [6.45, 7) is 4.72. The summed E-state index contributed by atoms with van der Waals surface area (Å²) in [7, 11) is 0. The van der Waals surface area contributed by atoms with Crippen molar-refractivity contribution >= 4 is 17.3 Å². The van der Waals surface area contributed by atoms with E-state index in [4.69, 9.17) is 22.1 Å². The second-order valence-corrected chi connectivity index (χ2v) is 5.26. The van der Waals surface area contributed by atoms with E-state index >= 15 is 0 Å². The van der Waals surface area contributed by atoms with Crippen LogP contribution in [0, 0.1) is 0 Å². The predicted molar refractivity (Wildman–Crippen MR) is 80.7 cm³/mol. The van der Waals surface area contributed by atoms with Gasteiger partial charge in [-0.2, -0.15) is 0 Å². The van der Waals surface area contributed by atoms with Gasteiger partial charge < -0.3 is 10.5 Å². The smallest absolute Gasteiger partial charge is 0.123 e. The highest BCUT2D eigenvalue weighted by molar-refractivity contribution is 6.30. The number of benzene rings is 2. The second kappa shape index (κ2) is 5.98. The van der Waals surface area contributed by atoms with Crippen LogP contribution in [0.1, 0.15) is 30.9 Å². The maximum Gasteiger partial charge on any atom is 0.123 e. The van der Waals surface area contributed by atoms with Crippen molar-refractivity contribution in [3.05, 3.63) is 58.6 Å². The van der Waals surface area contributed by atoms with E-state index in [1.54, 1.807) is 12.1 Å². The number of nitrogen functional groups attached to an aromatic ring is 1. The average molecular weight is 276 g/mol. The fraction of sp³-hybridized carbons (Fsp3) is 0.250. The Labute approximate surface area is 119 Å². The third-order valence-electron chi connectivity index (χ3n) is 3.03. The summed E-state index contributed by atoms with van der Waals surface area (Å²) < 4.78 is 5.88. The van der Waals surface area contributed by atoms with Gasteiger partial charge >= 0.3 is 0 Å². The van der Waals surface area contributed by atoms with Crippen LogP contribution in [0.3, 0.4) is 0 Å². The highest BCUT2D eigenvalue weighted by Gasteiger charge is 2.08. The first-order valence-corrected chi connectivity index (χ1v) is 6.71.